The minimum atomic E-state index is -3.98. The average molecular weight is 549 g/mol. The zero-order valence-corrected chi connectivity index (χ0v) is 23.0. The lowest BCUT2D eigenvalue weighted by atomic mass is 10.1. The topological polar surface area (TPSA) is 83.8 Å². The highest BCUT2D eigenvalue weighted by atomic mass is 35.5. The van der Waals surface area contributed by atoms with Gasteiger partial charge in [0.1, 0.15) is 6.54 Å². The summed E-state index contributed by atoms with van der Waals surface area (Å²) in [4.78, 5) is 13.0. The van der Waals surface area contributed by atoms with Crippen molar-refractivity contribution in [2.45, 2.75) is 32.1 Å². The molecule has 196 valence electrons. The molecule has 0 atom stereocenters. The molecule has 0 spiro atoms. The molecule has 4 aromatic rings. The molecule has 0 saturated heterocycles. The fourth-order valence-electron chi connectivity index (χ4n) is 4.20. The number of rotatable bonds is 9. The van der Waals surface area contributed by atoms with Gasteiger partial charge < -0.3 is 4.57 Å². The number of aryl methyl sites for hydroxylation is 2. The number of nitrogens with one attached hydrogen (secondary N) is 1. The summed E-state index contributed by atoms with van der Waals surface area (Å²) >= 11 is 6.16. The monoisotopic (exact) mass is 548 g/mol. The van der Waals surface area contributed by atoms with Gasteiger partial charge in [-0.25, -0.2) is 13.8 Å². The van der Waals surface area contributed by atoms with Crippen molar-refractivity contribution in [2.75, 3.05) is 10.8 Å². The van der Waals surface area contributed by atoms with Gasteiger partial charge in [-0.1, -0.05) is 54.9 Å². The predicted octanol–water partition coefficient (Wildman–Crippen LogP) is 5.66. The Kier molecular flexibility index (Phi) is 8.34. The highest BCUT2D eigenvalue weighted by molar-refractivity contribution is 7.92. The molecule has 4 rings (SSSR count). The highest BCUT2D eigenvalue weighted by Crippen LogP contribution is 2.25. The molecule has 0 fully saturated rings. The zero-order chi connectivity index (χ0) is 27.3. The molecule has 7 nitrogen and oxygen atoms in total. The van der Waals surface area contributed by atoms with Crippen LogP contribution in [-0.2, 0) is 21.2 Å². The SMILES string of the molecule is CCc1ccc(N(CC(=O)N/N=C\c2cc(C)n(-c3cccc(Cl)c3)c2C)S(=O)(=O)c2ccccc2)cc1. The number of carbonyl (C=O) groups excluding carboxylic acids is 1. The Hall–Kier alpha value is -3.88. The van der Waals surface area contributed by atoms with E-state index in [1.54, 1.807) is 36.5 Å². The maximum atomic E-state index is 13.5. The van der Waals surface area contributed by atoms with Gasteiger partial charge in [-0.05, 0) is 74.4 Å². The fourth-order valence-corrected chi connectivity index (χ4v) is 5.83. The van der Waals surface area contributed by atoms with Crippen molar-refractivity contribution < 1.29 is 13.2 Å². The summed E-state index contributed by atoms with van der Waals surface area (Å²) in [6, 6.07) is 24.7. The van der Waals surface area contributed by atoms with Crippen LogP contribution >= 0.6 is 11.6 Å². The number of anilines is 1. The average Bonchev–Trinajstić information content (AvgIpc) is 3.20. The molecule has 9 heteroatoms. The van der Waals surface area contributed by atoms with Crippen molar-refractivity contribution in [1.82, 2.24) is 9.99 Å². The van der Waals surface area contributed by atoms with Crippen molar-refractivity contribution in [3.63, 3.8) is 0 Å². The van der Waals surface area contributed by atoms with E-state index in [2.05, 4.69) is 10.5 Å². The van der Waals surface area contributed by atoms with Crippen LogP contribution in [0.25, 0.3) is 5.69 Å². The smallest absolute Gasteiger partial charge is 0.264 e. The van der Waals surface area contributed by atoms with Gasteiger partial charge in [-0.15, -0.1) is 0 Å². The number of halogens is 1. The van der Waals surface area contributed by atoms with Gasteiger partial charge in [0.15, 0.2) is 0 Å². The molecule has 0 radical (unpaired) electrons. The Balaban J connectivity index is 1.55. The van der Waals surface area contributed by atoms with Crippen LogP contribution < -0.4 is 9.73 Å². The van der Waals surface area contributed by atoms with Crippen molar-refractivity contribution in [1.29, 1.82) is 0 Å². The fraction of sp³-hybridized carbons (Fsp3) is 0.172. The standard InChI is InChI=1S/C29H29ClN4O3S/c1-4-23-13-15-26(16-14-23)33(38(36,37)28-11-6-5-7-12-28)20-29(35)32-31-19-24-17-21(2)34(22(24)3)27-10-8-9-25(30)18-27/h5-19H,4,20H2,1-3H3,(H,32,35)/b31-19-. The molecule has 38 heavy (non-hydrogen) atoms. The van der Waals surface area contributed by atoms with E-state index in [0.29, 0.717) is 10.7 Å². The first kappa shape index (κ1) is 27.2. The highest BCUT2D eigenvalue weighted by Gasteiger charge is 2.27. The van der Waals surface area contributed by atoms with Crippen LogP contribution in [0.4, 0.5) is 5.69 Å². The summed E-state index contributed by atoms with van der Waals surface area (Å²) in [5.41, 5.74) is 7.58. The Morgan fingerprint density at radius 2 is 1.71 bits per heavy atom. The molecular formula is C29H29ClN4O3S. The second-order valence-corrected chi connectivity index (χ2v) is 11.1. The molecule has 3 aromatic carbocycles. The Morgan fingerprint density at radius 3 is 2.37 bits per heavy atom. The van der Waals surface area contributed by atoms with E-state index in [0.717, 1.165) is 38.9 Å². The molecule has 0 aliphatic heterocycles. The predicted molar refractivity (Wildman–Crippen MR) is 153 cm³/mol. The van der Waals surface area contributed by atoms with Crippen LogP contribution in [0.1, 0.15) is 29.4 Å². The number of amides is 1. The van der Waals surface area contributed by atoms with Crippen molar-refractivity contribution in [3.05, 3.63) is 112 Å². The minimum absolute atomic E-state index is 0.101. The molecule has 1 aromatic heterocycles. The van der Waals surface area contributed by atoms with E-state index in [1.165, 1.54) is 12.1 Å². The lowest BCUT2D eigenvalue weighted by Crippen LogP contribution is -2.39. The molecule has 0 bridgehead atoms. The van der Waals surface area contributed by atoms with E-state index in [9.17, 15) is 13.2 Å². The van der Waals surface area contributed by atoms with Crippen LogP contribution in [0.3, 0.4) is 0 Å². The maximum absolute atomic E-state index is 13.5. The van der Waals surface area contributed by atoms with Crippen molar-refractivity contribution >= 4 is 39.4 Å². The van der Waals surface area contributed by atoms with Crippen LogP contribution in [-0.4, -0.2) is 31.7 Å². The summed E-state index contributed by atoms with van der Waals surface area (Å²) < 4.78 is 30.1. The Bertz CT molecular complexity index is 1560. The number of nitrogens with zero attached hydrogens (tertiary/aromatic N) is 3. The third-order valence-corrected chi connectivity index (χ3v) is 8.20. The molecule has 1 amide bonds. The summed E-state index contributed by atoms with van der Waals surface area (Å²) in [6.07, 6.45) is 2.37. The third kappa shape index (κ3) is 5.98. The van der Waals surface area contributed by atoms with Gasteiger partial charge >= 0.3 is 0 Å². The van der Waals surface area contributed by atoms with E-state index < -0.39 is 22.5 Å². The van der Waals surface area contributed by atoms with E-state index >= 15 is 0 Å². The number of sulfonamides is 1. The Morgan fingerprint density at radius 1 is 1.00 bits per heavy atom. The van der Waals surface area contributed by atoms with E-state index in [1.807, 2.05) is 67.8 Å². The summed E-state index contributed by atoms with van der Waals surface area (Å²) in [7, 11) is -3.98. The first-order valence-corrected chi connectivity index (χ1v) is 14.0. The van der Waals surface area contributed by atoms with E-state index in [-0.39, 0.29) is 4.90 Å². The number of hydrazone groups is 1. The molecule has 1 heterocycles. The van der Waals surface area contributed by atoms with Gasteiger partial charge in [0.25, 0.3) is 15.9 Å². The number of hydrogen-bond acceptors (Lipinski definition) is 4. The number of hydrogen-bond donors (Lipinski definition) is 1. The molecule has 0 aliphatic carbocycles. The number of benzene rings is 3. The lowest BCUT2D eigenvalue weighted by molar-refractivity contribution is -0.119. The quantitative estimate of drug-likeness (QED) is 0.216. The molecule has 0 aliphatic rings. The summed E-state index contributed by atoms with van der Waals surface area (Å²) in [5, 5.41) is 4.75. The van der Waals surface area contributed by atoms with E-state index in [4.69, 9.17) is 11.6 Å². The normalized spacial score (nSPS) is 11.6. The number of aromatic nitrogens is 1. The van der Waals surface area contributed by atoms with Crippen LogP contribution in [0, 0.1) is 13.8 Å². The first-order chi connectivity index (χ1) is 18.2. The molecule has 0 unspecified atom stereocenters. The Labute approximate surface area is 228 Å². The second kappa shape index (κ2) is 11.7. The summed E-state index contributed by atoms with van der Waals surface area (Å²) in [5.74, 6) is -0.566. The van der Waals surface area contributed by atoms with Gasteiger partial charge in [0, 0.05) is 27.7 Å². The van der Waals surface area contributed by atoms with Gasteiger partial charge in [0.2, 0.25) is 0 Å². The van der Waals surface area contributed by atoms with Gasteiger partial charge in [0.05, 0.1) is 16.8 Å². The van der Waals surface area contributed by atoms with Crippen LogP contribution in [0.2, 0.25) is 5.02 Å². The van der Waals surface area contributed by atoms with Crippen LogP contribution in [0.15, 0.2) is 94.9 Å². The number of carbonyl (C=O) groups is 1. The second-order valence-electron chi connectivity index (χ2n) is 8.78. The molecule has 0 saturated carbocycles. The minimum Gasteiger partial charge on any atom is -0.318 e. The van der Waals surface area contributed by atoms with Gasteiger partial charge in [-0.2, -0.15) is 5.10 Å². The first-order valence-electron chi connectivity index (χ1n) is 12.1. The van der Waals surface area contributed by atoms with Crippen molar-refractivity contribution in [3.8, 4) is 5.69 Å². The summed E-state index contributed by atoms with van der Waals surface area (Å²) in [6.45, 7) is 5.51. The zero-order valence-electron chi connectivity index (χ0n) is 21.4. The molecular weight excluding hydrogens is 520 g/mol. The molecule has 1 N–H and O–H groups in total. The maximum Gasteiger partial charge on any atom is 0.264 e. The largest absolute Gasteiger partial charge is 0.318 e. The third-order valence-electron chi connectivity index (χ3n) is 6.18. The van der Waals surface area contributed by atoms with Crippen molar-refractivity contribution in [2.24, 2.45) is 5.10 Å². The lowest BCUT2D eigenvalue weighted by Gasteiger charge is -2.24. The van der Waals surface area contributed by atoms with Crippen LogP contribution in [0.5, 0.6) is 0 Å². The van der Waals surface area contributed by atoms with Gasteiger partial charge in [-0.3, -0.25) is 9.10 Å².